The summed E-state index contributed by atoms with van der Waals surface area (Å²) in [4.78, 5) is 0. The minimum atomic E-state index is -4.36. The van der Waals surface area contributed by atoms with Gasteiger partial charge in [0.05, 0.1) is 17.6 Å². The van der Waals surface area contributed by atoms with Crippen LogP contribution in [-0.2, 0) is 12.7 Å². The molecule has 0 amide bonds. The first-order valence-electron chi connectivity index (χ1n) is 5.98. The fraction of sp³-hybridized carbons (Fsp3) is 0.143. The monoisotopic (exact) mass is 277 g/mol. The van der Waals surface area contributed by atoms with Crippen molar-refractivity contribution in [2.24, 2.45) is 0 Å². The van der Waals surface area contributed by atoms with Gasteiger partial charge in [0.15, 0.2) is 0 Å². The van der Waals surface area contributed by atoms with Gasteiger partial charge in [-0.3, -0.25) is 0 Å². The van der Waals surface area contributed by atoms with Crippen LogP contribution in [0.4, 0.5) is 13.2 Å². The predicted octanol–water partition coefficient (Wildman–Crippen LogP) is 3.50. The highest BCUT2D eigenvalue weighted by molar-refractivity contribution is 5.75. The number of hydrogen-bond acceptors (Lipinski definition) is 2. The van der Waals surface area contributed by atoms with Gasteiger partial charge in [0.1, 0.15) is 5.52 Å². The van der Waals surface area contributed by atoms with Crippen molar-refractivity contribution in [3.63, 3.8) is 0 Å². The van der Waals surface area contributed by atoms with E-state index < -0.39 is 11.7 Å². The molecule has 3 aromatic rings. The fourth-order valence-electron chi connectivity index (χ4n) is 2.02. The first-order chi connectivity index (χ1) is 9.54. The summed E-state index contributed by atoms with van der Waals surface area (Å²) >= 11 is 0. The Hall–Kier alpha value is -2.37. The van der Waals surface area contributed by atoms with Crippen molar-refractivity contribution >= 4 is 11.0 Å². The molecule has 0 unspecified atom stereocenters. The maximum absolute atomic E-state index is 12.6. The number of benzene rings is 2. The second kappa shape index (κ2) is 4.63. The van der Waals surface area contributed by atoms with Gasteiger partial charge in [-0.25, -0.2) is 4.68 Å². The standard InChI is InChI=1S/C14H10F3N3/c15-14(16,17)11-6-7-13-12(8-11)18-19-20(13)9-10-4-2-1-3-5-10/h1-8H,9H2. The van der Waals surface area contributed by atoms with Crippen LogP contribution >= 0.6 is 0 Å². The highest BCUT2D eigenvalue weighted by Crippen LogP contribution is 2.30. The van der Waals surface area contributed by atoms with Crippen molar-refractivity contribution in [1.29, 1.82) is 0 Å². The second-order valence-electron chi connectivity index (χ2n) is 4.43. The number of rotatable bonds is 2. The average Bonchev–Trinajstić information content (AvgIpc) is 2.81. The summed E-state index contributed by atoms with van der Waals surface area (Å²) < 4.78 is 39.4. The number of aromatic nitrogens is 3. The molecule has 0 aliphatic heterocycles. The Kier molecular flexibility index (Phi) is 2.93. The number of halogens is 3. The molecule has 2 aromatic carbocycles. The molecule has 0 spiro atoms. The Labute approximate surface area is 112 Å². The van der Waals surface area contributed by atoms with Crippen LogP contribution < -0.4 is 0 Å². The van der Waals surface area contributed by atoms with Gasteiger partial charge in [-0.05, 0) is 23.8 Å². The van der Waals surface area contributed by atoms with Gasteiger partial charge < -0.3 is 0 Å². The molecule has 20 heavy (non-hydrogen) atoms. The van der Waals surface area contributed by atoms with E-state index in [0.717, 1.165) is 17.7 Å². The SMILES string of the molecule is FC(F)(F)c1ccc2c(c1)nnn2Cc1ccccc1. The van der Waals surface area contributed by atoms with Crippen molar-refractivity contribution in [2.45, 2.75) is 12.7 Å². The van der Waals surface area contributed by atoms with Crippen LogP contribution in [0.2, 0.25) is 0 Å². The molecule has 0 aliphatic carbocycles. The highest BCUT2D eigenvalue weighted by Gasteiger charge is 2.30. The molecule has 0 N–H and O–H groups in total. The summed E-state index contributed by atoms with van der Waals surface area (Å²) in [6, 6.07) is 13.0. The molecule has 0 aliphatic rings. The zero-order valence-electron chi connectivity index (χ0n) is 10.3. The Morgan fingerprint density at radius 1 is 1.00 bits per heavy atom. The van der Waals surface area contributed by atoms with Crippen LogP contribution in [0.5, 0.6) is 0 Å². The van der Waals surface area contributed by atoms with Gasteiger partial charge in [0, 0.05) is 0 Å². The maximum atomic E-state index is 12.6. The van der Waals surface area contributed by atoms with Crippen LogP contribution in [0.25, 0.3) is 11.0 Å². The molecule has 0 fully saturated rings. The zero-order valence-corrected chi connectivity index (χ0v) is 10.3. The van der Waals surface area contributed by atoms with E-state index in [0.29, 0.717) is 12.1 Å². The van der Waals surface area contributed by atoms with E-state index in [9.17, 15) is 13.2 Å². The zero-order chi connectivity index (χ0) is 14.2. The number of hydrogen-bond donors (Lipinski definition) is 0. The van der Waals surface area contributed by atoms with Crippen LogP contribution in [0.3, 0.4) is 0 Å². The molecule has 1 aromatic heterocycles. The summed E-state index contributed by atoms with van der Waals surface area (Å²) in [5.74, 6) is 0. The smallest absolute Gasteiger partial charge is 0.240 e. The Balaban J connectivity index is 1.98. The second-order valence-corrected chi connectivity index (χ2v) is 4.43. The molecular weight excluding hydrogens is 267 g/mol. The van der Waals surface area contributed by atoms with Gasteiger partial charge in [-0.15, -0.1) is 5.10 Å². The highest BCUT2D eigenvalue weighted by atomic mass is 19.4. The van der Waals surface area contributed by atoms with E-state index in [4.69, 9.17) is 0 Å². The van der Waals surface area contributed by atoms with Gasteiger partial charge in [0.25, 0.3) is 0 Å². The lowest BCUT2D eigenvalue weighted by Gasteiger charge is -2.06. The molecule has 0 bridgehead atoms. The van der Waals surface area contributed by atoms with Crippen molar-refractivity contribution in [1.82, 2.24) is 15.0 Å². The van der Waals surface area contributed by atoms with Crippen LogP contribution in [-0.4, -0.2) is 15.0 Å². The van der Waals surface area contributed by atoms with E-state index in [-0.39, 0.29) is 5.52 Å². The molecule has 0 atom stereocenters. The van der Waals surface area contributed by atoms with Crippen molar-refractivity contribution in [2.75, 3.05) is 0 Å². The van der Waals surface area contributed by atoms with Crippen LogP contribution in [0.1, 0.15) is 11.1 Å². The van der Waals surface area contributed by atoms with Crippen LogP contribution in [0, 0.1) is 0 Å². The third kappa shape index (κ3) is 2.36. The summed E-state index contributed by atoms with van der Waals surface area (Å²) in [6.45, 7) is 0.475. The fourth-order valence-corrected chi connectivity index (χ4v) is 2.02. The van der Waals surface area contributed by atoms with E-state index in [1.54, 1.807) is 4.68 Å². The Morgan fingerprint density at radius 2 is 1.75 bits per heavy atom. The van der Waals surface area contributed by atoms with Crippen LogP contribution in [0.15, 0.2) is 48.5 Å². The molecular formula is C14H10F3N3. The molecule has 1 heterocycles. The van der Waals surface area contributed by atoms with Crippen molar-refractivity contribution in [3.8, 4) is 0 Å². The normalized spacial score (nSPS) is 11.9. The molecule has 3 rings (SSSR count). The first kappa shape index (κ1) is 12.7. The van der Waals surface area contributed by atoms with Crippen molar-refractivity contribution in [3.05, 3.63) is 59.7 Å². The van der Waals surface area contributed by atoms with Crippen molar-refractivity contribution < 1.29 is 13.2 Å². The molecule has 0 radical (unpaired) electrons. The summed E-state index contributed by atoms with van der Waals surface area (Å²) in [6.07, 6.45) is -4.36. The summed E-state index contributed by atoms with van der Waals surface area (Å²) in [5.41, 5.74) is 1.13. The Morgan fingerprint density at radius 3 is 2.45 bits per heavy atom. The Bertz CT molecular complexity index is 732. The lowest BCUT2D eigenvalue weighted by Crippen LogP contribution is -2.05. The quantitative estimate of drug-likeness (QED) is 0.717. The topological polar surface area (TPSA) is 30.7 Å². The third-order valence-electron chi connectivity index (χ3n) is 3.02. The maximum Gasteiger partial charge on any atom is 0.416 e. The average molecular weight is 277 g/mol. The lowest BCUT2D eigenvalue weighted by molar-refractivity contribution is -0.137. The van der Waals surface area contributed by atoms with E-state index in [1.807, 2.05) is 30.3 Å². The predicted molar refractivity (Wildman–Crippen MR) is 68.1 cm³/mol. The molecule has 6 heteroatoms. The van der Waals surface area contributed by atoms with Gasteiger partial charge in [-0.1, -0.05) is 35.5 Å². The van der Waals surface area contributed by atoms with Gasteiger partial charge in [0.2, 0.25) is 0 Å². The number of nitrogens with zero attached hydrogens (tertiary/aromatic N) is 3. The van der Waals surface area contributed by atoms with Gasteiger partial charge >= 0.3 is 6.18 Å². The lowest BCUT2D eigenvalue weighted by atomic mass is 10.2. The van der Waals surface area contributed by atoms with Gasteiger partial charge in [-0.2, -0.15) is 13.2 Å². The van der Waals surface area contributed by atoms with E-state index >= 15 is 0 Å². The number of alkyl halides is 3. The molecule has 3 nitrogen and oxygen atoms in total. The minimum absolute atomic E-state index is 0.246. The third-order valence-corrected chi connectivity index (χ3v) is 3.02. The first-order valence-corrected chi connectivity index (χ1v) is 5.98. The number of fused-ring (bicyclic) bond motifs is 1. The summed E-state index contributed by atoms with van der Waals surface area (Å²) in [5, 5.41) is 7.72. The largest absolute Gasteiger partial charge is 0.416 e. The molecule has 102 valence electrons. The summed E-state index contributed by atoms with van der Waals surface area (Å²) in [7, 11) is 0. The molecule has 0 saturated heterocycles. The van der Waals surface area contributed by atoms with E-state index in [2.05, 4.69) is 10.3 Å². The molecule has 0 saturated carbocycles. The van der Waals surface area contributed by atoms with E-state index in [1.165, 1.54) is 6.07 Å². The minimum Gasteiger partial charge on any atom is -0.240 e.